The fraction of sp³-hybridized carbons (Fsp3) is 0.298. The molecular formula is C47H57ClO12. The van der Waals surface area contributed by atoms with Crippen molar-refractivity contribution in [3.8, 4) is 17.2 Å². The van der Waals surface area contributed by atoms with Gasteiger partial charge in [0, 0.05) is 20.1 Å². The van der Waals surface area contributed by atoms with E-state index in [-0.39, 0.29) is 31.7 Å². The second-order valence-electron chi connectivity index (χ2n) is 12.0. The van der Waals surface area contributed by atoms with E-state index in [1.165, 1.54) is 5.56 Å². The number of aliphatic hydroxyl groups is 2. The van der Waals surface area contributed by atoms with Crippen LogP contribution in [0.25, 0.3) is 0 Å². The second-order valence-corrected chi connectivity index (χ2v) is 12.4. The number of phenolic OH excluding ortho intramolecular Hbond substituents is 1. The van der Waals surface area contributed by atoms with Crippen molar-refractivity contribution in [1.29, 1.82) is 0 Å². The zero-order valence-electron chi connectivity index (χ0n) is 34.0. The van der Waals surface area contributed by atoms with Gasteiger partial charge in [-0.05, 0) is 72.0 Å². The molecule has 0 unspecified atom stereocenters. The van der Waals surface area contributed by atoms with Crippen LogP contribution in [0, 0.1) is 0 Å². The van der Waals surface area contributed by atoms with Gasteiger partial charge < -0.3 is 43.7 Å². The molecule has 0 amide bonds. The summed E-state index contributed by atoms with van der Waals surface area (Å²) in [4.78, 5) is 33.0. The Bertz CT molecular complexity index is 1730. The normalized spacial score (nSPS) is 9.73. The molecule has 0 bridgehead atoms. The highest BCUT2D eigenvalue weighted by molar-refractivity contribution is 6.63. The van der Waals surface area contributed by atoms with Gasteiger partial charge in [0.2, 0.25) is 5.24 Å². The van der Waals surface area contributed by atoms with E-state index in [0.717, 1.165) is 38.5 Å². The van der Waals surface area contributed by atoms with Crippen LogP contribution in [0.15, 0.2) is 152 Å². The highest BCUT2D eigenvalue weighted by atomic mass is 35.5. The maximum atomic E-state index is 11.5. The van der Waals surface area contributed by atoms with Gasteiger partial charge in [0.15, 0.2) is 0 Å². The van der Waals surface area contributed by atoms with Gasteiger partial charge in [0.05, 0.1) is 39.6 Å². The lowest BCUT2D eigenvalue weighted by molar-refractivity contribution is -0.140. The SMILES string of the molecule is CO.O=C(COCCO)Oc1ccccc1.O=C(COCCOCc1ccccc1)Oc1ccccc1.O=C(Cl)CCCCCOCc1ccccc1.Oc1ccccc1. The predicted octanol–water partition coefficient (Wildman–Crippen LogP) is 7.96. The van der Waals surface area contributed by atoms with E-state index in [1.54, 1.807) is 72.8 Å². The molecule has 0 spiro atoms. The number of unbranched alkanes of at least 4 members (excludes halogenated alkanes) is 2. The first-order valence-corrected chi connectivity index (χ1v) is 19.6. The Morgan fingerprint density at radius 2 is 0.867 bits per heavy atom. The lowest BCUT2D eigenvalue weighted by atomic mass is 10.2. The molecule has 324 valence electrons. The number of rotatable bonds is 21. The van der Waals surface area contributed by atoms with Crippen LogP contribution in [0.2, 0.25) is 0 Å². The first-order chi connectivity index (χ1) is 29.4. The van der Waals surface area contributed by atoms with Crippen molar-refractivity contribution in [2.45, 2.75) is 38.9 Å². The Kier molecular flexibility index (Phi) is 33.1. The zero-order chi connectivity index (χ0) is 43.7. The van der Waals surface area contributed by atoms with Crippen molar-refractivity contribution in [3.63, 3.8) is 0 Å². The van der Waals surface area contributed by atoms with Gasteiger partial charge in [0.1, 0.15) is 30.5 Å². The van der Waals surface area contributed by atoms with Crippen LogP contribution in [0.1, 0.15) is 36.8 Å². The third-order valence-corrected chi connectivity index (χ3v) is 7.33. The minimum Gasteiger partial charge on any atom is -0.508 e. The maximum absolute atomic E-state index is 11.5. The number of aromatic hydroxyl groups is 1. The summed E-state index contributed by atoms with van der Waals surface area (Å²) < 4.78 is 31.0. The van der Waals surface area contributed by atoms with Crippen molar-refractivity contribution < 1.29 is 58.1 Å². The van der Waals surface area contributed by atoms with E-state index in [0.29, 0.717) is 50.1 Å². The van der Waals surface area contributed by atoms with Crippen LogP contribution in [0.3, 0.4) is 0 Å². The highest BCUT2D eigenvalue weighted by Gasteiger charge is 2.05. The van der Waals surface area contributed by atoms with Crippen molar-refractivity contribution in [3.05, 3.63) is 163 Å². The van der Waals surface area contributed by atoms with Gasteiger partial charge in [-0.2, -0.15) is 0 Å². The molecule has 60 heavy (non-hydrogen) atoms. The fourth-order valence-corrected chi connectivity index (χ4v) is 4.53. The Hall–Kier alpha value is -5.44. The number of aliphatic hydroxyl groups excluding tert-OH is 2. The molecule has 5 rings (SSSR count). The Morgan fingerprint density at radius 1 is 0.483 bits per heavy atom. The van der Waals surface area contributed by atoms with Crippen LogP contribution in [-0.2, 0) is 46.5 Å². The van der Waals surface area contributed by atoms with E-state index in [4.69, 9.17) is 55.3 Å². The fourth-order valence-electron chi connectivity index (χ4n) is 4.39. The molecule has 0 fully saturated rings. The number of hydrogen-bond donors (Lipinski definition) is 3. The number of phenols is 1. The van der Waals surface area contributed by atoms with Crippen LogP contribution < -0.4 is 9.47 Å². The number of benzene rings is 5. The third kappa shape index (κ3) is 31.5. The van der Waals surface area contributed by atoms with Crippen LogP contribution >= 0.6 is 11.6 Å². The molecule has 5 aromatic carbocycles. The average molecular weight is 849 g/mol. The zero-order valence-corrected chi connectivity index (χ0v) is 34.8. The molecular weight excluding hydrogens is 792 g/mol. The standard InChI is InChI=1S/C17H18O4.C13H17ClO2.C10H12O4.C6H6O.CH4O/c18-17(21-16-9-5-2-6-10-16)14-20-12-11-19-13-15-7-3-1-4-8-15;14-13(15)9-5-2-6-10-16-11-12-7-3-1-4-8-12;11-6-7-13-8-10(12)14-9-4-2-1-3-5-9;7-6-4-2-1-3-5-6;1-2/h1-10H,11-14H2;1,3-4,7-8H,2,5-6,9-11H2;1-5,11H,6-8H2;1-5,7H;2H,1H3. The molecule has 0 heterocycles. The number of carbonyl (C=O) groups excluding carboxylic acids is 3. The van der Waals surface area contributed by atoms with Gasteiger partial charge in [-0.3, -0.25) is 4.79 Å². The van der Waals surface area contributed by atoms with E-state index < -0.39 is 11.9 Å². The van der Waals surface area contributed by atoms with Gasteiger partial charge in [0.25, 0.3) is 0 Å². The monoisotopic (exact) mass is 848 g/mol. The van der Waals surface area contributed by atoms with Crippen LogP contribution in [0.4, 0.5) is 0 Å². The number of carbonyl (C=O) groups is 3. The molecule has 12 nitrogen and oxygen atoms in total. The van der Waals surface area contributed by atoms with Crippen molar-refractivity contribution in [2.75, 3.05) is 53.4 Å². The van der Waals surface area contributed by atoms with Gasteiger partial charge in [-0.25, -0.2) is 9.59 Å². The molecule has 0 radical (unpaired) electrons. The van der Waals surface area contributed by atoms with Crippen molar-refractivity contribution >= 4 is 28.8 Å². The summed E-state index contributed by atoms with van der Waals surface area (Å²) in [6, 6.07) is 46.4. The van der Waals surface area contributed by atoms with Crippen LogP contribution in [0.5, 0.6) is 17.2 Å². The predicted molar refractivity (Wildman–Crippen MR) is 231 cm³/mol. The summed E-state index contributed by atoms with van der Waals surface area (Å²) in [7, 11) is 1.00. The quantitative estimate of drug-likeness (QED) is 0.0283. The minimum atomic E-state index is -0.468. The van der Waals surface area contributed by atoms with Crippen molar-refractivity contribution in [2.24, 2.45) is 0 Å². The molecule has 0 aliphatic carbocycles. The first kappa shape index (κ1) is 52.6. The lowest BCUT2D eigenvalue weighted by Crippen LogP contribution is -2.17. The average Bonchev–Trinajstić information content (AvgIpc) is 3.27. The number of esters is 2. The molecule has 13 heteroatoms. The Morgan fingerprint density at radius 3 is 1.27 bits per heavy atom. The summed E-state index contributed by atoms with van der Waals surface area (Å²) in [5.41, 5.74) is 2.31. The minimum absolute atomic E-state index is 0.0798. The van der Waals surface area contributed by atoms with Crippen LogP contribution in [-0.4, -0.2) is 85.9 Å². The molecule has 0 saturated carbocycles. The van der Waals surface area contributed by atoms with Gasteiger partial charge in [-0.1, -0.05) is 122 Å². The first-order valence-electron chi connectivity index (χ1n) is 19.2. The molecule has 0 atom stereocenters. The third-order valence-electron chi connectivity index (χ3n) is 7.14. The summed E-state index contributed by atoms with van der Waals surface area (Å²) in [6.45, 7) is 2.56. The lowest BCUT2D eigenvalue weighted by Gasteiger charge is -2.06. The summed E-state index contributed by atoms with van der Waals surface area (Å²) >= 11 is 5.23. The van der Waals surface area contributed by atoms with E-state index in [2.05, 4.69) is 0 Å². The number of hydrogen-bond acceptors (Lipinski definition) is 12. The summed E-state index contributed by atoms with van der Waals surface area (Å²) in [6.07, 6.45) is 3.31. The Balaban J connectivity index is 0.000000414. The number of halogens is 1. The van der Waals surface area contributed by atoms with E-state index in [1.807, 2.05) is 78.9 Å². The largest absolute Gasteiger partial charge is 0.508 e. The second kappa shape index (κ2) is 37.8. The molecule has 5 aromatic rings. The molecule has 0 aliphatic rings. The Labute approximate surface area is 358 Å². The smallest absolute Gasteiger partial charge is 0.337 e. The number of para-hydroxylation sites is 3. The molecule has 3 N–H and O–H groups in total. The molecule has 0 saturated heterocycles. The van der Waals surface area contributed by atoms with E-state index in [9.17, 15) is 14.4 Å². The van der Waals surface area contributed by atoms with E-state index >= 15 is 0 Å². The summed E-state index contributed by atoms with van der Waals surface area (Å²) in [5.74, 6) is 0.452. The maximum Gasteiger partial charge on any atom is 0.337 e. The van der Waals surface area contributed by atoms with Crippen molar-refractivity contribution in [1.82, 2.24) is 0 Å². The topological polar surface area (TPSA) is 167 Å². The van der Waals surface area contributed by atoms with Gasteiger partial charge >= 0.3 is 11.9 Å². The van der Waals surface area contributed by atoms with Gasteiger partial charge in [-0.15, -0.1) is 0 Å². The highest BCUT2D eigenvalue weighted by Crippen LogP contribution is 2.10. The number of ether oxygens (including phenoxy) is 6. The summed E-state index contributed by atoms with van der Waals surface area (Å²) in [5, 5.41) is 23.8. The molecule has 0 aliphatic heterocycles. The molecule has 0 aromatic heterocycles.